The monoisotopic (exact) mass is 310 g/mol. The molecule has 0 atom stereocenters. The quantitative estimate of drug-likeness (QED) is 0.467. The summed E-state index contributed by atoms with van der Waals surface area (Å²) >= 11 is 0. The van der Waals surface area contributed by atoms with Gasteiger partial charge in [-0.25, -0.2) is 0 Å². The van der Waals surface area contributed by atoms with E-state index in [9.17, 15) is 10.2 Å². The first-order chi connectivity index (χ1) is 10.8. The first-order valence-corrected chi connectivity index (χ1v) is 7.05. The molecule has 0 saturated heterocycles. The van der Waals surface area contributed by atoms with Gasteiger partial charge in [-0.3, -0.25) is 0 Å². The van der Waals surface area contributed by atoms with Crippen molar-refractivity contribution in [3.63, 3.8) is 0 Å². The van der Waals surface area contributed by atoms with Crippen LogP contribution in [-0.2, 0) is 0 Å². The summed E-state index contributed by atoms with van der Waals surface area (Å²) in [6.07, 6.45) is 0. The Morgan fingerprint density at radius 1 is 0.435 bits per heavy atom. The normalized spacial score (nSPS) is 9.74. The van der Waals surface area contributed by atoms with E-state index >= 15 is 0 Å². The van der Waals surface area contributed by atoms with Crippen LogP contribution in [0.25, 0.3) is 21.5 Å². The predicted octanol–water partition coefficient (Wildman–Crippen LogP) is 3.45. The van der Waals surface area contributed by atoms with Crippen LogP contribution in [0, 0.1) is 0 Å². The molecule has 0 aromatic heterocycles. The molecule has 0 saturated carbocycles. The van der Waals surface area contributed by atoms with E-state index in [0.717, 1.165) is 21.5 Å². The van der Waals surface area contributed by atoms with E-state index < -0.39 is 0 Å². The van der Waals surface area contributed by atoms with Crippen molar-refractivity contribution in [2.75, 3.05) is 0 Å². The van der Waals surface area contributed by atoms with Gasteiger partial charge in [0.2, 0.25) is 0 Å². The Hall–Kier alpha value is -2.23. The van der Waals surface area contributed by atoms with Gasteiger partial charge in [-0.15, -0.1) is 11.5 Å². The van der Waals surface area contributed by atoms with Crippen LogP contribution in [0.1, 0.15) is 0 Å². The smallest absolute Gasteiger partial charge is 0.872 e. The van der Waals surface area contributed by atoms with Crippen molar-refractivity contribution in [1.82, 2.24) is 0 Å². The molecule has 23 heavy (non-hydrogen) atoms. The maximum Gasteiger partial charge on any atom is 2.00 e. The fourth-order valence-electron chi connectivity index (χ4n) is 2.39. The van der Waals surface area contributed by atoms with E-state index in [1.54, 1.807) is 24.3 Å². The molecule has 2 nitrogen and oxygen atoms in total. The standard InChI is InChI=1S/2C10H8O.Mg/c2*11-10-7-3-5-8-4-1-2-6-9(8)10;/h2*1-7,11H;/q;;+2/p-2. The molecule has 4 aromatic carbocycles. The van der Waals surface area contributed by atoms with Gasteiger partial charge in [-0.05, 0) is 21.5 Å². The van der Waals surface area contributed by atoms with Gasteiger partial charge in [0, 0.05) is 0 Å². The number of fused-ring (bicyclic) bond motifs is 2. The van der Waals surface area contributed by atoms with Crippen LogP contribution in [0.15, 0.2) is 84.9 Å². The van der Waals surface area contributed by atoms with Crippen LogP contribution in [0.5, 0.6) is 11.5 Å². The summed E-state index contributed by atoms with van der Waals surface area (Å²) in [5, 5.41) is 26.0. The molecule has 0 amide bonds. The number of benzene rings is 4. The molecule has 0 bridgehead atoms. The summed E-state index contributed by atoms with van der Waals surface area (Å²) < 4.78 is 0. The van der Waals surface area contributed by atoms with E-state index in [1.165, 1.54) is 0 Å². The van der Waals surface area contributed by atoms with E-state index in [1.807, 2.05) is 60.7 Å². The SMILES string of the molecule is [Mg+2].[O-]c1cccc2ccccc12.[O-]c1cccc2ccccc12. The fourth-order valence-corrected chi connectivity index (χ4v) is 2.39. The topological polar surface area (TPSA) is 46.1 Å². The average Bonchev–Trinajstić information content (AvgIpc) is 2.57. The Morgan fingerprint density at radius 2 is 0.783 bits per heavy atom. The van der Waals surface area contributed by atoms with E-state index in [0.29, 0.717) is 0 Å². The summed E-state index contributed by atoms with van der Waals surface area (Å²) in [4.78, 5) is 0. The third-order valence-corrected chi connectivity index (χ3v) is 3.50. The van der Waals surface area contributed by atoms with Crippen LogP contribution in [0.4, 0.5) is 0 Å². The number of hydrogen-bond acceptors (Lipinski definition) is 2. The maximum atomic E-state index is 11.2. The Kier molecular flexibility index (Phi) is 5.85. The molecule has 0 aliphatic heterocycles. The first-order valence-electron chi connectivity index (χ1n) is 7.05. The molecule has 0 fully saturated rings. The van der Waals surface area contributed by atoms with Crippen molar-refractivity contribution in [3.05, 3.63) is 84.9 Å². The van der Waals surface area contributed by atoms with Gasteiger partial charge >= 0.3 is 23.1 Å². The van der Waals surface area contributed by atoms with Crippen molar-refractivity contribution < 1.29 is 10.2 Å². The molecule has 0 radical (unpaired) electrons. The number of hydrogen-bond donors (Lipinski definition) is 0. The molecule has 4 aromatic rings. The summed E-state index contributed by atoms with van der Waals surface area (Å²) in [6, 6.07) is 25.8. The zero-order valence-corrected chi connectivity index (χ0v) is 14.0. The van der Waals surface area contributed by atoms with Crippen LogP contribution >= 0.6 is 0 Å². The van der Waals surface area contributed by atoms with Crippen molar-refractivity contribution in [3.8, 4) is 11.5 Å². The molecule has 0 aliphatic carbocycles. The van der Waals surface area contributed by atoms with Gasteiger partial charge in [0.15, 0.2) is 0 Å². The van der Waals surface area contributed by atoms with E-state index in [4.69, 9.17) is 0 Å². The summed E-state index contributed by atoms with van der Waals surface area (Å²) in [6.45, 7) is 0. The first kappa shape index (κ1) is 17.1. The van der Waals surface area contributed by atoms with Crippen LogP contribution in [-0.4, -0.2) is 23.1 Å². The van der Waals surface area contributed by atoms with Gasteiger partial charge in [0.05, 0.1) is 0 Å². The van der Waals surface area contributed by atoms with Gasteiger partial charge < -0.3 is 10.2 Å². The van der Waals surface area contributed by atoms with Crippen molar-refractivity contribution in [2.24, 2.45) is 0 Å². The molecule has 0 spiro atoms. The predicted molar refractivity (Wildman–Crippen MR) is 92.5 cm³/mol. The van der Waals surface area contributed by atoms with E-state index in [2.05, 4.69) is 0 Å². The molecular weight excluding hydrogens is 297 g/mol. The molecule has 108 valence electrons. The second kappa shape index (κ2) is 7.86. The zero-order valence-electron chi connectivity index (χ0n) is 12.6. The van der Waals surface area contributed by atoms with Crippen molar-refractivity contribution >= 4 is 44.6 Å². The minimum absolute atomic E-state index is 0. The van der Waals surface area contributed by atoms with Crippen molar-refractivity contribution in [1.29, 1.82) is 0 Å². The van der Waals surface area contributed by atoms with Gasteiger partial charge in [-0.2, -0.15) is 0 Å². The van der Waals surface area contributed by atoms with Gasteiger partial charge in [-0.1, -0.05) is 84.9 Å². The zero-order chi connectivity index (χ0) is 15.4. The largest absolute Gasteiger partial charge is 2.00 e. The Labute approximate surface area is 151 Å². The maximum absolute atomic E-state index is 11.2. The third kappa shape index (κ3) is 3.95. The molecule has 0 heterocycles. The van der Waals surface area contributed by atoms with E-state index in [-0.39, 0.29) is 34.6 Å². The number of rotatable bonds is 0. The second-order valence-corrected chi connectivity index (χ2v) is 4.95. The Bertz CT molecular complexity index is 831. The molecule has 4 rings (SSSR count). The third-order valence-electron chi connectivity index (χ3n) is 3.50. The van der Waals surface area contributed by atoms with Gasteiger partial charge in [0.25, 0.3) is 0 Å². The van der Waals surface area contributed by atoms with Crippen molar-refractivity contribution in [2.45, 2.75) is 0 Å². The average molecular weight is 311 g/mol. The molecule has 3 heteroatoms. The van der Waals surface area contributed by atoms with Crippen LogP contribution in [0.3, 0.4) is 0 Å². The summed E-state index contributed by atoms with van der Waals surface area (Å²) in [5.41, 5.74) is 0. The summed E-state index contributed by atoms with van der Waals surface area (Å²) in [5.74, 6) is 0.200. The molecule has 0 aliphatic rings. The molecular formula is C20H14MgO2. The Balaban J connectivity index is 0.000000160. The minimum atomic E-state index is 0. The van der Waals surface area contributed by atoms with Gasteiger partial charge in [0.1, 0.15) is 0 Å². The fraction of sp³-hybridized carbons (Fsp3) is 0. The Morgan fingerprint density at radius 3 is 1.17 bits per heavy atom. The minimum Gasteiger partial charge on any atom is -0.872 e. The van der Waals surface area contributed by atoms with Crippen LogP contribution < -0.4 is 10.2 Å². The molecule has 0 unspecified atom stereocenters. The molecule has 0 N–H and O–H groups in total. The van der Waals surface area contributed by atoms with Crippen LogP contribution in [0.2, 0.25) is 0 Å². The second-order valence-electron chi connectivity index (χ2n) is 4.95. The summed E-state index contributed by atoms with van der Waals surface area (Å²) in [7, 11) is 0.